The summed E-state index contributed by atoms with van der Waals surface area (Å²) in [7, 11) is 0. The summed E-state index contributed by atoms with van der Waals surface area (Å²) in [5.41, 5.74) is 0.166. The molecule has 1 rings (SSSR count). The van der Waals surface area contributed by atoms with Gasteiger partial charge in [0.1, 0.15) is 5.82 Å². The molecule has 74 valence electrons. The number of H-pyrrole nitrogens is 1. The topological polar surface area (TPSA) is 41.6 Å². The maximum Gasteiger partial charge on any atom is 0.156 e. The molecule has 3 nitrogen and oxygen atoms in total. The predicted octanol–water partition coefficient (Wildman–Crippen LogP) is 2.44. The fraction of sp³-hybridized carbons (Fsp3) is 0.800. The van der Waals surface area contributed by atoms with Gasteiger partial charge in [-0.15, -0.1) is 0 Å². The first kappa shape index (κ1) is 10.2. The molecule has 0 spiro atoms. The van der Waals surface area contributed by atoms with Crippen LogP contribution in [0.15, 0.2) is 0 Å². The molecule has 13 heavy (non-hydrogen) atoms. The zero-order valence-electron chi connectivity index (χ0n) is 9.39. The summed E-state index contributed by atoms with van der Waals surface area (Å²) in [6.45, 7) is 12.9. The summed E-state index contributed by atoms with van der Waals surface area (Å²) < 4.78 is 0. The lowest BCUT2D eigenvalue weighted by Crippen LogP contribution is -2.35. The van der Waals surface area contributed by atoms with Gasteiger partial charge in [0.25, 0.3) is 0 Å². The molecule has 0 saturated carbocycles. The lowest BCUT2D eigenvalue weighted by molar-refractivity contribution is 0.214. The Balaban J connectivity index is 3.07. The van der Waals surface area contributed by atoms with E-state index in [4.69, 9.17) is 0 Å². The number of aromatic amines is 1. The number of nitrogens with one attached hydrogen (secondary N) is 1. The Morgan fingerprint density at radius 3 is 1.92 bits per heavy atom. The molecule has 0 aliphatic rings. The summed E-state index contributed by atoms with van der Waals surface area (Å²) in [5, 5.41) is 7.10. The van der Waals surface area contributed by atoms with Crippen LogP contribution in [0.1, 0.15) is 46.3 Å². The standard InChI is InChI=1S/C10H19N3/c1-7-11-8(13-12-7)10(5,6)9(2,3)4/h1-6H3,(H,11,12,13). The number of rotatable bonds is 1. The van der Waals surface area contributed by atoms with E-state index in [0.29, 0.717) is 0 Å². The van der Waals surface area contributed by atoms with Crippen molar-refractivity contribution in [2.75, 3.05) is 0 Å². The molecule has 1 heterocycles. The number of nitrogens with zero attached hydrogens (tertiary/aromatic N) is 2. The van der Waals surface area contributed by atoms with Gasteiger partial charge in [0, 0.05) is 5.41 Å². The highest BCUT2D eigenvalue weighted by Gasteiger charge is 2.37. The van der Waals surface area contributed by atoms with Crippen molar-refractivity contribution in [3.63, 3.8) is 0 Å². The van der Waals surface area contributed by atoms with Crippen molar-refractivity contribution >= 4 is 0 Å². The Kier molecular flexibility index (Phi) is 2.22. The quantitative estimate of drug-likeness (QED) is 0.723. The molecule has 1 aromatic heterocycles. The molecule has 0 aliphatic carbocycles. The largest absolute Gasteiger partial charge is 0.263 e. The number of aromatic nitrogens is 3. The van der Waals surface area contributed by atoms with Crippen LogP contribution in [-0.4, -0.2) is 15.2 Å². The third-order valence-corrected chi connectivity index (χ3v) is 3.03. The van der Waals surface area contributed by atoms with E-state index in [1.807, 2.05) is 6.92 Å². The van der Waals surface area contributed by atoms with Gasteiger partial charge >= 0.3 is 0 Å². The van der Waals surface area contributed by atoms with Crippen LogP contribution >= 0.6 is 0 Å². The summed E-state index contributed by atoms with van der Waals surface area (Å²) in [6, 6.07) is 0. The number of hydrogen-bond acceptors (Lipinski definition) is 2. The van der Waals surface area contributed by atoms with Gasteiger partial charge in [-0.2, -0.15) is 5.10 Å². The van der Waals surface area contributed by atoms with E-state index in [1.165, 1.54) is 0 Å². The summed E-state index contributed by atoms with van der Waals surface area (Å²) in [5.74, 6) is 1.78. The fourth-order valence-corrected chi connectivity index (χ4v) is 0.958. The van der Waals surface area contributed by atoms with Crippen LogP contribution in [0.2, 0.25) is 0 Å². The Bertz CT molecular complexity index is 291. The van der Waals surface area contributed by atoms with E-state index in [2.05, 4.69) is 49.8 Å². The Morgan fingerprint density at radius 1 is 1.08 bits per heavy atom. The smallest absolute Gasteiger partial charge is 0.156 e. The van der Waals surface area contributed by atoms with Gasteiger partial charge in [0.2, 0.25) is 0 Å². The highest BCUT2D eigenvalue weighted by Crippen LogP contribution is 2.38. The monoisotopic (exact) mass is 181 g/mol. The normalized spacial score (nSPS) is 13.4. The van der Waals surface area contributed by atoms with Crippen LogP contribution in [-0.2, 0) is 5.41 Å². The minimum Gasteiger partial charge on any atom is -0.263 e. The highest BCUT2D eigenvalue weighted by atomic mass is 15.2. The van der Waals surface area contributed by atoms with Gasteiger partial charge in [-0.05, 0) is 12.3 Å². The number of hydrogen-bond donors (Lipinski definition) is 1. The predicted molar refractivity (Wildman–Crippen MR) is 53.6 cm³/mol. The molecule has 0 bridgehead atoms. The second-order valence-electron chi connectivity index (χ2n) is 5.12. The molecule has 0 saturated heterocycles. The van der Waals surface area contributed by atoms with E-state index in [9.17, 15) is 0 Å². The molecule has 1 aromatic rings. The molecule has 0 fully saturated rings. The Morgan fingerprint density at radius 2 is 1.62 bits per heavy atom. The molecule has 0 aliphatic heterocycles. The maximum absolute atomic E-state index is 4.38. The van der Waals surface area contributed by atoms with Crippen molar-refractivity contribution < 1.29 is 0 Å². The average molecular weight is 181 g/mol. The first-order valence-electron chi connectivity index (χ1n) is 4.64. The van der Waals surface area contributed by atoms with E-state index < -0.39 is 0 Å². The lowest BCUT2D eigenvalue weighted by atomic mass is 9.69. The second kappa shape index (κ2) is 2.82. The van der Waals surface area contributed by atoms with Crippen molar-refractivity contribution in [2.24, 2.45) is 5.41 Å². The fourth-order valence-electron chi connectivity index (χ4n) is 0.958. The first-order chi connectivity index (χ1) is 5.75. The van der Waals surface area contributed by atoms with E-state index >= 15 is 0 Å². The molecule has 0 atom stereocenters. The highest BCUT2D eigenvalue weighted by molar-refractivity contribution is 5.08. The molecule has 0 radical (unpaired) electrons. The van der Waals surface area contributed by atoms with Gasteiger partial charge in [-0.25, -0.2) is 4.98 Å². The van der Waals surface area contributed by atoms with E-state index in [0.717, 1.165) is 11.6 Å². The van der Waals surface area contributed by atoms with Crippen LogP contribution in [0.4, 0.5) is 0 Å². The summed E-state index contributed by atoms with van der Waals surface area (Å²) in [6.07, 6.45) is 0. The zero-order valence-corrected chi connectivity index (χ0v) is 9.39. The molecular weight excluding hydrogens is 162 g/mol. The van der Waals surface area contributed by atoms with Crippen LogP contribution in [0, 0.1) is 12.3 Å². The van der Waals surface area contributed by atoms with Gasteiger partial charge in [0.15, 0.2) is 5.82 Å². The first-order valence-corrected chi connectivity index (χ1v) is 4.64. The maximum atomic E-state index is 4.38. The lowest BCUT2D eigenvalue weighted by Gasteiger charge is -2.36. The molecule has 3 heteroatoms. The van der Waals surface area contributed by atoms with Crippen molar-refractivity contribution in [2.45, 2.75) is 47.0 Å². The minimum atomic E-state index is -0.00222. The Labute approximate surface area is 80.0 Å². The molecule has 0 unspecified atom stereocenters. The molecule has 1 N–H and O–H groups in total. The second-order valence-corrected chi connectivity index (χ2v) is 5.12. The third kappa shape index (κ3) is 1.74. The molecular formula is C10H19N3. The number of aryl methyl sites for hydroxylation is 1. The van der Waals surface area contributed by atoms with Crippen LogP contribution < -0.4 is 0 Å². The van der Waals surface area contributed by atoms with Crippen molar-refractivity contribution in [1.82, 2.24) is 15.2 Å². The average Bonchev–Trinajstić information content (AvgIpc) is 2.33. The van der Waals surface area contributed by atoms with Crippen molar-refractivity contribution in [3.05, 3.63) is 11.6 Å². The van der Waals surface area contributed by atoms with Gasteiger partial charge in [0.05, 0.1) is 0 Å². The Hall–Kier alpha value is -0.860. The van der Waals surface area contributed by atoms with Crippen LogP contribution in [0.25, 0.3) is 0 Å². The minimum absolute atomic E-state index is 0.00222. The molecule has 0 aromatic carbocycles. The van der Waals surface area contributed by atoms with E-state index in [1.54, 1.807) is 0 Å². The van der Waals surface area contributed by atoms with Gasteiger partial charge < -0.3 is 0 Å². The summed E-state index contributed by atoms with van der Waals surface area (Å²) >= 11 is 0. The summed E-state index contributed by atoms with van der Waals surface area (Å²) in [4.78, 5) is 4.38. The van der Waals surface area contributed by atoms with Crippen LogP contribution in [0.5, 0.6) is 0 Å². The van der Waals surface area contributed by atoms with Crippen molar-refractivity contribution in [1.29, 1.82) is 0 Å². The SMILES string of the molecule is Cc1nc(C(C)(C)C(C)(C)C)n[nH]1. The van der Waals surface area contributed by atoms with Gasteiger partial charge in [-0.3, -0.25) is 5.10 Å². The van der Waals surface area contributed by atoms with Crippen molar-refractivity contribution in [3.8, 4) is 0 Å². The molecule has 0 amide bonds. The zero-order chi connectivity index (χ0) is 10.3. The van der Waals surface area contributed by atoms with Gasteiger partial charge in [-0.1, -0.05) is 34.6 Å². The van der Waals surface area contributed by atoms with Crippen LogP contribution in [0.3, 0.4) is 0 Å². The van der Waals surface area contributed by atoms with E-state index in [-0.39, 0.29) is 10.8 Å². The third-order valence-electron chi connectivity index (χ3n) is 3.03.